The van der Waals surface area contributed by atoms with Crippen LogP contribution in [0.5, 0.6) is 0 Å². The summed E-state index contributed by atoms with van der Waals surface area (Å²) < 4.78 is 4.97. The first-order chi connectivity index (χ1) is 7.79. The van der Waals surface area contributed by atoms with Crippen LogP contribution < -0.4 is 10.6 Å². The van der Waals surface area contributed by atoms with Gasteiger partial charge in [-0.15, -0.1) is 0 Å². The number of rotatable bonds is 6. The highest BCUT2D eigenvalue weighted by atomic mass is 16.5. The molecule has 0 atom stereocenters. The predicted molar refractivity (Wildman–Crippen MR) is 57.0 cm³/mol. The summed E-state index contributed by atoms with van der Waals surface area (Å²) in [6.07, 6.45) is 2.76. The second-order valence-corrected chi connectivity index (χ2v) is 3.86. The summed E-state index contributed by atoms with van der Waals surface area (Å²) in [5, 5.41) is 9.61. The standard InChI is InChI=1S/C10H16N4O2/c1-2-11-6-5-8-13-9(14-16-8)10(15)12-7-3-4-7/h7,11H,2-6H2,1H3,(H,12,15). The molecule has 1 amide bonds. The zero-order valence-electron chi connectivity index (χ0n) is 9.32. The van der Waals surface area contributed by atoms with Crippen molar-refractivity contribution in [3.8, 4) is 0 Å². The van der Waals surface area contributed by atoms with Gasteiger partial charge in [-0.25, -0.2) is 0 Å². The first-order valence-corrected chi connectivity index (χ1v) is 5.63. The first kappa shape index (κ1) is 11.1. The van der Waals surface area contributed by atoms with Gasteiger partial charge in [-0.1, -0.05) is 12.1 Å². The molecule has 0 spiro atoms. The number of hydrogen-bond donors (Lipinski definition) is 2. The van der Waals surface area contributed by atoms with E-state index >= 15 is 0 Å². The van der Waals surface area contributed by atoms with Crippen molar-refractivity contribution in [2.45, 2.75) is 32.2 Å². The third-order valence-electron chi connectivity index (χ3n) is 2.35. The number of carbonyl (C=O) groups is 1. The Labute approximate surface area is 93.8 Å². The summed E-state index contributed by atoms with van der Waals surface area (Å²) in [5.41, 5.74) is 0. The Morgan fingerprint density at radius 2 is 2.38 bits per heavy atom. The van der Waals surface area contributed by atoms with Crippen LogP contribution >= 0.6 is 0 Å². The van der Waals surface area contributed by atoms with Crippen LogP contribution in [0.15, 0.2) is 4.52 Å². The maximum atomic E-state index is 11.5. The van der Waals surface area contributed by atoms with Crippen LogP contribution in [0.3, 0.4) is 0 Å². The van der Waals surface area contributed by atoms with Gasteiger partial charge in [-0.2, -0.15) is 4.98 Å². The highest BCUT2D eigenvalue weighted by Crippen LogP contribution is 2.18. The highest BCUT2D eigenvalue weighted by Gasteiger charge is 2.25. The summed E-state index contributed by atoms with van der Waals surface area (Å²) in [4.78, 5) is 15.6. The molecule has 6 nitrogen and oxygen atoms in total. The molecule has 2 N–H and O–H groups in total. The molecule has 1 aliphatic rings. The number of nitrogens with one attached hydrogen (secondary N) is 2. The minimum absolute atomic E-state index is 0.137. The quantitative estimate of drug-likeness (QED) is 0.670. The van der Waals surface area contributed by atoms with E-state index in [9.17, 15) is 4.79 Å². The van der Waals surface area contributed by atoms with E-state index in [4.69, 9.17) is 4.52 Å². The summed E-state index contributed by atoms with van der Waals surface area (Å²) in [6.45, 7) is 3.72. The topological polar surface area (TPSA) is 80.0 Å². The Morgan fingerprint density at radius 1 is 1.56 bits per heavy atom. The second kappa shape index (κ2) is 5.07. The molecule has 1 aromatic rings. The normalized spacial score (nSPS) is 15.1. The molecule has 1 saturated carbocycles. The number of hydrogen-bond acceptors (Lipinski definition) is 5. The molecule has 0 aliphatic heterocycles. The molecule has 1 heterocycles. The zero-order valence-corrected chi connectivity index (χ0v) is 9.32. The van der Waals surface area contributed by atoms with Crippen molar-refractivity contribution in [3.63, 3.8) is 0 Å². The van der Waals surface area contributed by atoms with Crippen molar-refractivity contribution in [1.82, 2.24) is 20.8 Å². The van der Waals surface area contributed by atoms with Gasteiger partial charge in [0.15, 0.2) is 0 Å². The van der Waals surface area contributed by atoms with Crippen molar-refractivity contribution >= 4 is 5.91 Å². The minimum Gasteiger partial charge on any atom is -0.346 e. The summed E-state index contributed by atoms with van der Waals surface area (Å²) in [6, 6.07) is 0.316. The summed E-state index contributed by atoms with van der Waals surface area (Å²) >= 11 is 0. The molecule has 1 aliphatic carbocycles. The number of aromatic nitrogens is 2. The van der Waals surface area contributed by atoms with Crippen LogP contribution in [0.25, 0.3) is 0 Å². The Morgan fingerprint density at radius 3 is 3.06 bits per heavy atom. The van der Waals surface area contributed by atoms with Crippen LogP contribution in [0.4, 0.5) is 0 Å². The minimum atomic E-state index is -0.235. The molecule has 2 rings (SSSR count). The van der Waals surface area contributed by atoms with E-state index in [1.165, 1.54) is 0 Å². The van der Waals surface area contributed by atoms with Gasteiger partial charge in [0, 0.05) is 19.0 Å². The van der Waals surface area contributed by atoms with Gasteiger partial charge in [0.25, 0.3) is 11.7 Å². The number of nitrogens with zero attached hydrogens (tertiary/aromatic N) is 2. The molecule has 0 radical (unpaired) electrons. The Hall–Kier alpha value is -1.43. The van der Waals surface area contributed by atoms with Crippen molar-refractivity contribution in [2.24, 2.45) is 0 Å². The van der Waals surface area contributed by atoms with Crippen molar-refractivity contribution in [2.75, 3.05) is 13.1 Å². The Balaban J connectivity index is 1.83. The largest absolute Gasteiger partial charge is 0.346 e. The molecule has 0 bridgehead atoms. The second-order valence-electron chi connectivity index (χ2n) is 3.86. The molecule has 0 unspecified atom stereocenters. The molecule has 0 saturated heterocycles. The van der Waals surface area contributed by atoms with E-state index in [1.54, 1.807) is 0 Å². The zero-order chi connectivity index (χ0) is 11.4. The molecule has 6 heteroatoms. The molecule has 1 fully saturated rings. The smallest absolute Gasteiger partial charge is 0.292 e. The molecule has 0 aromatic carbocycles. The molecule has 1 aromatic heterocycles. The molecule has 88 valence electrons. The van der Waals surface area contributed by atoms with Crippen LogP contribution in [-0.2, 0) is 6.42 Å². The van der Waals surface area contributed by atoms with Gasteiger partial charge < -0.3 is 15.2 Å². The van der Waals surface area contributed by atoms with E-state index in [0.29, 0.717) is 18.4 Å². The van der Waals surface area contributed by atoms with Gasteiger partial charge in [0.1, 0.15) is 0 Å². The maximum absolute atomic E-state index is 11.5. The summed E-state index contributed by atoms with van der Waals surface area (Å²) in [5.74, 6) is 0.404. The van der Waals surface area contributed by atoms with Gasteiger partial charge in [-0.05, 0) is 19.4 Å². The fourth-order valence-corrected chi connectivity index (χ4v) is 1.30. The number of amides is 1. The third kappa shape index (κ3) is 3.03. The van der Waals surface area contributed by atoms with Crippen LogP contribution in [0.1, 0.15) is 36.3 Å². The van der Waals surface area contributed by atoms with Crippen molar-refractivity contribution in [3.05, 3.63) is 11.7 Å². The van der Waals surface area contributed by atoms with Crippen molar-refractivity contribution in [1.29, 1.82) is 0 Å². The van der Waals surface area contributed by atoms with Crippen LogP contribution in [-0.4, -0.2) is 35.2 Å². The van der Waals surface area contributed by atoms with E-state index in [2.05, 4.69) is 20.8 Å². The number of likely N-dealkylation sites (N-methyl/N-ethyl adjacent to an activating group) is 1. The van der Waals surface area contributed by atoms with E-state index in [-0.39, 0.29) is 11.7 Å². The fourth-order valence-electron chi connectivity index (χ4n) is 1.30. The van der Waals surface area contributed by atoms with Gasteiger partial charge in [0.05, 0.1) is 0 Å². The Kier molecular flexibility index (Phi) is 3.51. The molecule has 16 heavy (non-hydrogen) atoms. The monoisotopic (exact) mass is 224 g/mol. The lowest BCUT2D eigenvalue weighted by Crippen LogP contribution is -2.26. The maximum Gasteiger partial charge on any atom is 0.292 e. The van der Waals surface area contributed by atoms with E-state index in [0.717, 1.165) is 25.9 Å². The van der Waals surface area contributed by atoms with Gasteiger partial charge in [0.2, 0.25) is 5.89 Å². The third-order valence-corrected chi connectivity index (χ3v) is 2.35. The average Bonchev–Trinajstić information content (AvgIpc) is 2.95. The predicted octanol–water partition coefficient (Wildman–Crippen LogP) is 0.114. The first-order valence-electron chi connectivity index (χ1n) is 5.63. The Bertz CT molecular complexity index is 359. The SMILES string of the molecule is CCNCCc1nc(C(=O)NC2CC2)no1. The van der Waals surface area contributed by atoms with Gasteiger partial charge in [-0.3, -0.25) is 4.79 Å². The van der Waals surface area contributed by atoms with E-state index in [1.807, 2.05) is 6.92 Å². The lowest BCUT2D eigenvalue weighted by atomic mass is 10.4. The lowest BCUT2D eigenvalue weighted by Gasteiger charge is -1.96. The molecular weight excluding hydrogens is 208 g/mol. The highest BCUT2D eigenvalue weighted by molar-refractivity contribution is 5.90. The van der Waals surface area contributed by atoms with E-state index < -0.39 is 0 Å². The average molecular weight is 224 g/mol. The van der Waals surface area contributed by atoms with Crippen LogP contribution in [0.2, 0.25) is 0 Å². The van der Waals surface area contributed by atoms with Gasteiger partial charge >= 0.3 is 0 Å². The van der Waals surface area contributed by atoms with Crippen molar-refractivity contribution < 1.29 is 9.32 Å². The summed E-state index contributed by atoms with van der Waals surface area (Å²) in [7, 11) is 0. The number of carbonyl (C=O) groups excluding carboxylic acids is 1. The molecular formula is C10H16N4O2. The van der Waals surface area contributed by atoms with Crippen LogP contribution in [0, 0.1) is 0 Å². The fraction of sp³-hybridized carbons (Fsp3) is 0.700. The lowest BCUT2D eigenvalue weighted by molar-refractivity contribution is 0.0937.